The van der Waals surface area contributed by atoms with Gasteiger partial charge in [-0.3, -0.25) is 0 Å². The molecule has 3 nitrogen and oxygen atoms in total. The molecule has 3 aromatic rings. The molecule has 0 aromatic heterocycles. The lowest BCUT2D eigenvalue weighted by Crippen LogP contribution is -2.27. The van der Waals surface area contributed by atoms with Gasteiger partial charge in [0.1, 0.15) is 6.54 Å². The van der Waals surface area contributed by atoms with Crippen LogP contribution in [0.2, 0.25) is 0 Å². The van der Waals surface area contributed by atoms with Crippen LogP contribution in [0, 0.1) is 0 Å². The summed E-state index contributed by atoms with van der Waals surface area (Å²) in [6, 6.07) is 26.1. The lowest BCUT2D eigenvalue weighted by atomic mass is 9.81. The van der Waals surface area contributed by atoms with E-state index in [1.54, 1.807) is 0 Å². The van der Waals surface area contributed by atoms with Gasteiger partial charge in [0.25, 0.3) is 0 Å². The molecule has 0 fully saturated rings. The highest BCUT2D eigenvalue weighted by atomic mass is 32.2. The Morgan fingerprint density at radius 1 is 0.870 bits per heavy atom. The second-order valence-electron chi connectivity index (χ2n) is 13.2. The van der Waals surface area contributed by atoms with Crippen molar-refractivity contribution >= 4 is 51.9 Å². The van der Waals surface area contributed by atoms with E-state index in [2.05, 4.69) is 146 Å². The molecule has 234 valence electrons. The van der Waals surface area contributed by atoms with Gasteiger partial charge in [-0.2, -0.15) is 9.57 Å². The molecule has 0 atom stereocenters. The lowest BCUT2D eigenvalue weighted by molar-refractivity contribution is -0.433. The first kappa shape index (κ1) is 32.2. The predicted molar refractivity (Wildman–Crippen MR) is 201 cm³/mol. The summed E-state index contributed by atoms with van der Waals surface area (Å²) in [5.74, 6) is 0. The van der Waals surface area contributed by atoms with Gasteiger partial charge in [-0.15, -0.1) is 0 Å². The van der Waals surface area contributed by atoms with Crippen molar-refractivity contribution in [3.8, 4) is 0 Å². The van der Waals surface area contributed by atoms with Crippen molar-refractivity contribution in [2.45, 2.75) is 76.5 Å². The number of isothiocyanates is 1. The first-order chi connectivity index (χ1) is 22.2. The lowest BCUT2D eigenvalue weighted by Gasteiger charge is -2.26. The molecule has 2 heterocycles. The van der Waals surface area contributed by atoms with Crippen LogP contribution in [0.15, 0.2) is 129 Å². The number of thioether (sulfide) groups is 1. The minimum atomic E-state index is -0.0561. The average molecular weight is 643 g/mol. The van der Waals surface area contributed by atoms with E-state index in [0.717, 1.165) is 38.0 Å². The minimum absolute atomic E-state index is 0.0561. The monoisotopic (exact) mass is 642 g/mol. The molecule has 5 heteroatoms. The molecule has 46 heavy (non-hydrogen) atoms. The Hall–Kier alpha value is -3.76. The van der Waals surface area contributed by atoms with E-state index >= 15 is 0 Å². The van der Waals surface area contributed by atoms with Crippen LogP contribution in [0.25, 0.3) is 0 Å². The molecule has 0 radical (unpaired) electrons. The standard InChI is InChI=1S/C41H44N3S2/c1-7-43-35-18-11-9-16-33(35)40(3,4)37(43)26-20-29-14-13-15-30(39(29)46-32-24-22-31(23-25-32)42-28-45)21-27-38-41(5,6)34-17-10-12-19-36(34)44(38)8-2/h9-12,16-27H,7-8,13-15H2,1-6H3/q+1. The van der Waals surface area contributed by atoms with Crippen LogP contribution in [0.1, 0.15) is 71.9 Å². The number of allylic oxidation sites excluding steroid dienone is 7. The van der Waals surface area contributed by atoms with Crippen LogP contribution >= 0.6 is 24.0 Å². The molecule has 0 bridgehead atoms. The topological polar surface area (TPSA) is 18.6 Å². The Morgan fingerprint density at radius 2 is 1.59 bits per heavy atom. The van der Waals surface area contributed by atoms with Crippen LogP contribution in [-0.4, -0.2) is 28.5 Å². The fourth-order valence-electron chi connectivity index (χ4n) is 7.43. The minimum Gasteiger partial charge on any atom is -0.344 e. The van der Waals surface area contributed by atoms with E-state index in [4.69, 9.17) is 12.2 Å². The summed E-state index contributed by atoms with van der Waals surface area (Å²) in [5.41, 5.74) is 11.7. The summed E-state index contributed by atoms with van der Waals surface area (Å²) in [6.45, 7) is 15.8. The second-order valence-corrected chi connectivity index (χ2v) is 14.5. The number of hydrogen-bond acceptors (Lipinski definition) is 4. The van der Waals surface area contributed by atoms with E-state index in [9.17, 15) is 0 Å². The van der Waals surface area contributed by atoms with Crippen LogP contribution in [0.3, 0.4) is 0 Å². The fourth-order valence-corrected chi connectivity index (χ4v) is 8.65. The molecule has 0 N–H and O–H groups in total. The van der Waals surface area contributed by atoms with Gasteiger partial charge in [0.2, 0.25) is 5.69 Å². The molecular formula is C41H44N3S2+. The van der Waals surface area contributed by atoms with Crippen molar-refractivity contribution in [2.75, 3.05) is 18.0 Å². The number of hydrogen-bond donors (Lipinski definition) is 0. The van der Waals surface area contributed by atoms with E-state index in [1.807, 2.05) is 23.9 Å². The Balaban J connectivity index is 1.44. The summed E-state index contributed by atoms with van der Waals surface area (Å²) in [6.07, 6.45) is 12.9. The summed E-state index contributed by atoms with van der Waals surface area (Å²) >= 11 is 6.70. The van der Waals surface area contributed by atoms with Crippen LogP contribution < -0.4 is 4.90 Å². The zero-order valence-electron chi connectivity index (χ0n) is 27.9. The van der Waals surface area contributed by atoms with Crippen molar-refractivity contribution < 1.29 is 4.58 Å². The van der Waals surface area contributed by atoms with Gasteiger partial charge in [0.15, 0.2) is 5.71 Å². The van der Waals surface area contributed by atoms with Crippen LogP contribution in [0.5, 0.6) is 0 Å². The highest BCUT2D eigenvalue weighted by Gasteiger charge is 2.43. The number of rotatable bonds is 8. The quantitative estimate of drug-likeness (QED) is 0.138. The molecule has 0 saturated heterocycles. The molecule has 6 rings (SSSR count). The highest BCUT2D eigenvalue weighted by Crippen LogP contribution is 2.48. The molecule has 3 aromatic carbocycles. The number of aliphatic imine (C=N–C) groups is 1. The summed E-state index contributed by atoms with van der Waals surface area (Å²) < 4.78 is 2.48. The third kappa shape index (κ3) is 5.81. The average Bonchev–Trinajstić information content (AvgIpc) is 3.42. The zero-order valence-corrected chi connectivity index (χ0v) is 29.6. The molecule has 2 aliphatic heterocycles. The van der Waals surface area contributed by atoms with Crippen LogP contribution in [-0.2, 0) is 10.8 Å². The van der Waals surface area contributed by atoms with E-state index in [1.165, 1.54) is 54.9 Å². The Bertz CT molecular complexity index is 1860. The number of benzene rings is 3. The number of fused-ring (bicyclic) bond motifs is 2. The van der Waals surface area contributed by atoms with E-state index in [-0.39, 0.29) is 10.8 Å². The number of thiocarbonyl (C=S) groups is 1. The van der Waals surface area contributed by atoms with Gasteiger partial charge in [-0.1, -0.05) is 74.2 Å². The highest BCUT2D eigenvalue weighted by molar-refractivity contribution is 8.03. The Kier molecular flexibility index (Phi) is 9.21. The van der Waals surface area contributed by atoms with Gasteiger partial charge in [-0.25, -0.2) is 0 Å². The van der Waals surface area contributed by atoms with E-state index < -0.39 is 0 Å². The summed E-state index contributed by atoms with van der Waals surface area (Å²) in [4.78, 5) is 9.21. The van der Waals surface area contributed by atoms with Gasteiger partial charge >= 0.3 is 0 Å². The molecular weight excluding hydrogens is 599 g/mol. The van der Waals surface area contributed by atoms with Crippen molar-refractivity contribution in [3.63, 3.8) is 0 Å². The smallest absolute Gasteiger partial charge is 0.209 e. The van der Waals surface area contributed by atoms with Crippen molar-refractivity contribution in [1.29, 1.82) is 0 Å². The molecule has 0 spiro atoms. The first-order valence-corrected chi connectivity index (χ1v) is 17.7. The largest absolute Gasteiger partial charge is 0.344 e. The summed E-state index contributed by atoms with van der Waals surface area (Å²) in [7, 11) is 0. The van der Waals surface area contributed by atoms with Crippen molar-refractivity contribution in [2.24, 2.45) is 4.99 Å². The third-order valence-corrected chi connectivity index (χ3v) is 11.2. The number of anilines is 1. The van der Waals surface area contributed by atoms with Gasteiger partial charge < -0.3 is 4.90 Å². The molecule has 3 aliphatic rings. The first-order valence-electron chi connectivity index (χ1n) is 16.5. The Labute approximate surface area is 284 Å². The maximum atomic E-state index is 4.83. The fraction of sp³-hybridized carbons (Fsp3) is 0.317. The predicted octanol–water partition coefficient (Wildman–Crippen LogP) is 11.2. The number of para-hydroxylation sites is 2. The molecule has 0 amide bonds. The normalized spacial score (nSPS) is 20.1. The SMILES string of the molecule is CCN1/C(=C/C=C2\CCCC(/C=C/C3=[N+](CC)c4ccccc4C3(C)C)=C2Sc2ccc(N=C=S)cc2)C(C)(C)c2ccccc21. The van der Waals surface area contributed by atoms with Crippen LogP contribution in [0.4, 0.5) is 17.1 Å². The molecule has 0 saturated carbocycles. The van der Waals surface area contributed by atoms with Crippen molar-refractivity contribution in [3.05, 3.63) is 130 Å². The molecule has 0 unspecified atom stereocenters. The van der Waals surface area contributed by atoms with Gasteiger partial charge in [-0.05, 0) is 112 Å². The Morgan fingerprint density at radius 3 is 2.30 bits per heavy atom. The maximum absolute atomic E-state index is 4.83. The maximum Gasteiger partial charge on any atom is 0.209 e. The van der Waals surface area contributed by atoms with Gasteiger partial charge in [0.05, 0.1) is 16.3 Å². The zero-order chi connectivity index (χ0) is 32.5. The van der Waals surface area contributed by atoms with Gasteiger partial charge in [0, 0.05) is 50.9 Å². The molecule has 1 aliphatic carbocycles. The summed E-state index contributed by atoms with van der Waals surface area (Å²) in [5, 5.41) is 2.49. The third-order valence-electron chi connectivity index (χ3n) is 9.82. The number of likely N-dealkylation sites (N-methyl/N-ethyl adjacent to an activating group) is 1. The second kappa shape index (κ2) is 13.2. The van der Waals surface area contributed by atoms with E-state index in [0.29, 0.717) is 0 Å². The van der Waals surface area contributed by atoms with Crippen molar-refractivity contribution in [1.82, 2.24) is 0 Å². The number of nitrogens with zero attached hydrogens (tertiary/aromatic N) is 3.